The van der Waals surface area contributed by atoms with Crippen LogP contribution < -0.4 is 11.1 Å². The third-order valence-electron chi connectivity index (χ3n) is 2.38. The van der Waals surface area contributed by atoms with E-state index in [-0.39, 0.29) is 6.54 Å². The zero-order valence-electron chi connectivity index (χ0n) is 9.73. The van der Waals surface area contributed by atoms with Crippen molar-refractivity contribution in [1.82, 2.24) is 15.3 Å². The molecule has 0 unspecified atom stereocenters. The fourth-order valence-electron chi connectivity index (χ4n) is 1.46. The molecule has 0 aliphatic heterocycles. The predicted molar refractivity (Wildman–Crippen MR) is 64.0 cm³/mol. The van der Waals surface area contributed by atoms with Gasteiger partial charge in [-0.25, -0.2) is 18.7 Å². The first kappa shape index (κ1) is 12.9. The molecule has 5 nitrogen and oxygen atoms in total. The lowest BCUT2D eigenvalue weighted by molar-refractivity contribution is 0.0946. The minimum atomic E-state index is -0.943. The summed E-state index contributed by atoms with van der Waals surface area (Å²) in [5, 5.41) is 2.42. The van der Waals surface area contributed by atoms with Gasteiger partial charge in [0.25, 0.3) is 5.91 Å². The zero-order chi connectivity index (χ0) is 13.8. The first-order valence-corrected chi connectivity index (χ1v) is 5.35. The topological polar surface area (TPSA) is 80.9 Å². The van der Waals surface area contributed by atoms with Crippen LogP contribution in [0.3, 0.4) is 0 Å². The summed E-state index contributed by atoms with van der Waals surface area (Å²) >= 11 is 0. The number of hydrogen-bond donors (Lipinski definition) is 2. The maximum Gasteiger partial charge on any atom is 0.254 e. The molecule has 0 saturated carbocycles. The normalized spacial score (nSPS) is 10.2. The van der Waals surface area contributed by atoms with Gasteiger partial charge in [-0.15, -0.1) is 0 Å². The molecule has 1 aromatic carbocycles. The summed E-state index contributed by atoms with van der Waals surface area (Å²) in [6.07, 6.45) is 2.83. The summed E-state index contributed by atoms with van der Waals surface area (Å²) in [5.41, 5.74) is 4.95. The van der Waals surface area contributed by atoms with Gasteiger partial charge in [-0.3, -0.25) is 4.79 Å². The monoisotopic (exact) mass is 264 g/mol. The SMILES string of the molecule is Nc1cc(F)cc(C(=O)NCc2ccncn2)c1F. The van der Waals surface area contributed by atoms with Gasteiger partial charge in [0, 0.05) is 6.20 Å². The van der Waals surface area contributed by atoms with Crippen LogP contribution in [0.5, 0.6) is 0 Å². The van der Waals surface area contributed by atoms with E-state index in [1.54, 1.807) is 6.07 Å². The highest BCUT2D eigenvalue weighted by atomic mass is 19.1. The van der Waals surface area contributed by atoms with Crippen molar-refractivity contribution in [1.29, 1.82) is 0 Å². The highest BCUT2D eigenvalue weighted by molar-refractivity contribution is 5.95. The number of rotatable bonds is 3. The molecule has 2 aromatic rings. The minimum Gasteiger partial charge on any atom is -0.396 e. The van der Waals surface area contributed by atoms with E-state index >= 15 is 0 Å². The molecule has 0 bridgehead atoms. The molecule has 1 aromatic heterocycles. The van der Waals surface area contributed by atoms with Crippen molar-refractivity contribution in [2.45, 2.75) is 6.54 Å². The van der Waals surface area contributed by atoms with E-state index in [0.717, 1.165) is 12.1 Å². The molecule has 0 radical (unpaired) electrons. The van der Waals surface area contributed by atoms with Crippen LogP contribution in [0, 0.1) is 11.6 Å². The van der Waals surface area contributed by atoms with Crippen LogP contribution in [0.4, 0.5) is 14.5 Å². The van der Waals surface area contributed by atoms with Crippen molar-refractivity contribution in [2.24, 2.45) is 0 Å². The molecule has 19 heavy (non-hydrogen) atoms. The van der Waals surface area contributed by atoms with Crippen molar-refractivity contribution in [3.05, 3.63) is 53.6 Å². The Morgan fingerprint density at radius 1 is 1.37 bits per heavy atom. The largest absolute Gasteiger partial charge is 0.396 e. The van der Waals surface area contributed by atoms with Crippen molar-refractivity contribution in [3.8, 4) is 0 Å². The molecule has 0 atom stereocenters. The first-order chi connectivity index (χ1) is 9.08. The molecule has 3 N–H and O–H groups in total. The Balaban J connectivity index is 2.13. The predicted octanol–water partition coefficient (Wildman–Crippen LogP) is 1.27. The van der Waals surface area contributed by atoms with Crippen molar-refractivity contribution in [2.75, 3.05) is 5.73 Å². The van der Waals surface area contributed by atoms with E-state index in [1.165, 1.54) is 12.5 Å². The Hall–Kier alpha value is -2.57. The fraction of sp³-hybridized carbons (Fsp3) is 0.0833. The molecule has 1 amide bonds. The smallest absolute Gasteiger partial charge is 0.254 e. The Labute approximate surface area is 107 Å². The van der Waals surface area contributed by atoms with E-state index in [1.807, 2.05) is 0 Å². The molecule has 2 rings (SSSR count). The molecular weight excluding hydrogens is 254 g/mol. The number of hydrogen-bond acceptors (Lipinski definition) is 4. The minimum absolute atomic E-state index is 0.0806. The van der Waals surface area contributed by atoms with Crippen LogP contribution in [0.1, 0.15) is 16.1 Å². The second-order valence-corrected chi connectivity index (χ2v) is 3.74. The van der Waals surface area contributed by atoms with Crippen LogP contribution >= 0.6 is 0 Å². The van der Waals surface area contributed by atoms with Crippen molar-refractivity contribution in [3.63, 3.8) is 0 Å². The number of nitrogens with zero attached hydrogens (tertiary/aromatic N) is 2. The number of benzene rings is 1. The number of carbonyl (C=O) groups excluding carboxylic acids is 1. The third-order valence-corrected chi connectivity index (χ3v) is 2.38. The molecular formula is C12H10F2N4O. The van der Waals surface area contributed by atoms with Crippen LogP contribution in [0.25, 0.3) is 0 Å². The van der Waals surface area contributed by atoms with Crippen molar-refractivity contribution >= 4 is 11.6 Å². The maximum absolute atomic E-state index is 13.6. The lowest BCUT2D eigenvalue weighted by atomic mass is 10.1. The number of carbonyl (C=O) groups is 1. The Morgan fingerprint density at radius 2 is 2.16 bits per heavy atom. The average Bonchev–Trinajstić information content (AvgIpc) is 2.41. The van der Waals surface area contributed by atoms with Gasteiger partial charge in [-0.2, -0.15) is 0 Å². The van der Waals surface area contributed by atoms with E-state index in [9.17, 15) is 13.6 Å². The van der Waals surface area contributed by atoms with Gasteiger partial charge >= 0.3 is 0 Å². The lowest BCUT2D eigenvalue weighted by Gasteiger charge is -2.07. The van der Waals surface area contributed by atoms with Gasteiger partial charge in [0.1, 0.15) is 12.1 Å². The summed E-state index contributed by atoms with van der Waals surface area (Å²) in [6, 6.07) is 3.20. The lowest BCUT2D eigenvalue weighted by Crippen LogP contribution is -2.24. The summed E-state index contributed by atoms with van der Waals surface area (Å²) in [7, 11) is 0. The third kappa shape index (κ3) is 3.01. The molecule has 0 aliphatic rings. The number of nitrogens with one attached hydrogen (secondary N) is 1. The Kier molecular flexibility index (Phi) is 3.65. The molecule has 0 aliphatic carbocycles. The summed E-state index contributed by atoms with van der Waals surface area (Å²) in [5.74, 6) is -2.48. The Morgan fingerprint density at radius 3 is 2.84 bits per heavy atom. The highest BCUT2D eigenvalue weighted by Gasteiger charge is 2.15. The van der Waals surface area contributed by atoms with Crippen LogP contribution in [-0.4, -0.2) is 15.9 Å². The Bertz CT molecular complexity index is 604. The average molecular weight is 264 g/mol. The van der Waals surface area contributed by atoms with Gasteiger partial charge in [-0.05, 0) is 18.2 Å². The second kappa shape index (κ2) is 5.38. The molecule has 98 valence electrons. The summed E-state index contributed by atoms with van der Waals surface area (Å²) in [4.78, 5) is 19.3. The van der Waals surface area contributed by atoms with Crippen LogP contribution in [-0.2, 0) is 6.54 Å². The van der Waals surface area contributed by atoms with E-state index in [2.05, 4.69) is 15.3 Å². The number of halogens is 2. The van der Waals surface area contributed by atoms with Crippen molar-refractivity contribution < 1.29 is 13.6 Å². The second-order valence-electron chi connectivity index (χ2n) is 3.74. The van der Waals surface area contributed by atoms with E-state index < -0.39 is 28.8 Å². The number of nitrogen functional groups attached to an aromatic ring is 1. The summed E-state index contributed by atoms with van der Waals surface area (Å²) < 4.78 is 26.7. The highest BCUT2D eigenvalue weighted by Crippen LogP contribution is 2.17. The molecule has 0 fully saturated rings. The molecule has 1 heterocycles. The van der Waals surface area contributed by atoms with E-state index in [0.29, 0.717) is 5.69 Å². The molecule has 7 heteroatoms. The van der Waals surface area contributed by atoms with Gasteiger partial charge in [0.2, 0.25) is 0 Å². The van der Waals surface area contributed by atoms with E-state index in [4.69, 9.17) is 5.73 Å². The number of nitrogens with two attached hydrogens (primary N) is 1. The quantitative estimate of drug-likeness (QED) is 0.818. The molecule has 0 spiro atoms. The fourth-order valence-corrected chi connectivity index (χ4v) is 1.46. The number of amides is 1. The number of aromatic nitrogens is 2. The number of anilines is 1. The van der Waals surface area contributed by atoms with Crippen LogP contribution in [0.2, 0.25) is 0 Å². The maximum atomic E-state index is 13.6. The summed E-state index contributed by atoms with van der Waals surface area (Å²) in [6.45, 7) is 0.0806. The molecule has 0 saturated heterocycles. The standard InChI is InChI=1S/C12H10F2N4O/c13-7-3-9(11(14)10(15)4-7)12(19)17-5-8-1-2-16-6-18-8/h1-4,6H,5,15H2,(H,17,19). The first-order valence-electron chi connectivity index (χ1n) is 5.35. The zero-order valence-corrected chi connectivity index (χ0v) is 9.73. The van der Waals surface area contributed by atoms with Gasteiger partial charge < -0.3 is 11.1 Å². The van der Waals surface area contributed by atoms with Crippen LogP contribution in [0.15, 0.2) is 30.7 Å². The van der Waals surface area contributed by atoms with Gasteiger partial charge in [-0.1, -0.05) is 0 Å². The van der Waals surface area contributed by atoms with Gasteiger partial charge in [0.15, 0.2) is 5.82 Å². The van der Waals surface area contributed by atoms with Gasteiger partial charge in [0.05, 0.1) is 23.5 Å².